The van der Waals surface area contributed by atoms with Crippen molar-refractivity contribution in [2.75, 3.05) is 17.2 Å². The van der Waals surface area contributed by atoms with Crippen LogP contribution in [0.4, 0.5) is 11.5 Å². The Bertz CT molecular complexity index is 698. The van der Waals surface area contributed by atoms with E-state index in [9.17, 15) is 9.90 Å². The molecule has 0 unspecified atom stereocenters. The summed E-state index contributed by atoms with van der Waals surface area (Å²) in [5.41, 5.74) is 3.54. The summed E-state index contributed by atoms with van der Waals surface area (Å²) in [7, 11) is 0. The summed E-state index contributed by atoms with van der Waals surface area (Å²) in [4.78, 5) is 16.4. The molecule has 5 nitrogen and oxygen atoms in total. The molecule has 2 heterocycles. The number of aromatic hydroxyl groups is 1. The van der Waals surface area contributed by atoms with Crippen molar-refractivity contribution in [2.45, 2.75) is 19.8 Å². The van der Waals surface area contributed by atoms with Gasteiger partial charge in [-0.3, -0.25) is 4.79 Å². The molecule has 108 valence electrons. The van der Waals surface area contributed by atoms with Crippen LogP contribution < -0.4 is 10.6 Å². The van der Waals surface area contributed by atoms with Gasteiger partial charge >= 0.3 is 0 Å². The third kappa shape index (κ3) is 2.81. The molecular weight excluding hydrogens is 266 g/mol. The highest BCUT2D eigenvalue weighted by atomic mass is 16.3. The van der Waals surface area contributed by atoms with Gasteiger partial charge in [-0.1, -0.05) is 0 Å². The predicted octanol–water partition coefficient (Wildman–Crippen LogP) is 2.71. The van der Waals surface area contributed by atoms with Gasteiger partial charge in [0.25, 0.3) is 5.91 Å². The summed E-state index contributed by atoms with van der Waals surface area (Å²) in [6.07, 6.45) is 2.04. The number of benzene rings is 1. The molecule has 1 amide bonds. The molecule has 3 rings (SSSR count). The highest BCUT2D eigenvalue weighted by molar-refractivity contribution is 6.04. The van der Waals surface area contributed by atoms with Crippen molar-refractivity contribution >= 4 is 17.4 Å². The Balaban J connectivity index is 1.83. The van der Waals surface area contributed by atoms with Gasteiger partial charge in [0, 0.05) is 23.5 Å². The average molecular weight is 283 g/mol. The molecule has 2 aromatic rings. The third-order valence-electron chi connectivity index (χ3n) is 3.55. The van der Waals surface area contributed by atoms with Gasteiger partial charge in [-0.2, -0.15) is 0 Å². The molecule has 21 heavy (non-hydrogen) atoms. The Morgan fingerprint density at radius 2 is 2.19 bits per heavy atom. The Labute approximate surface area is 123 Å². The summed E-state index contributed by atoms with van der Waals surface area (Å²) in [6, 6.07) is 8.81. The smallest absolute Gasteiger partial charge is 0.256 e. The first kappa shape index (κ1) is 13.4. The molecule has 0 spiro atoms. The molecule has 1 aromatic carbocycles. The Morgan fingerprint density at radius 3 is 3.05 bits per heavy atom. The van der Waals surface area contributed by atoms with E-state index < -0.39 is 0 Å². The van der Waals surface area contributed by atoms with Gasteiger partial charge in [-0.25, -0.2) is 4.98 Å². The van der Waals surface area contributed by atoms with Crippen LogP contribution in [-0.4, -0.2) is 22.5 Å². The van der Waals surface area contributed by atoms with Crippen LogP contribution in [-0.2, 0) is 6.42 Å². The normalized spacial score (nSPS) is 13.2. The fourth-order valence-electron chi connectivity index (χ4n) is 2.44. The van der Waals surface area contributed by atoms with Crippen molar-refractivity contribution in [3.8, 4) is 5.75 Å². The van der Waals surface area contributed by atoms with Crippen LogP contribution in [0.2, 0.25) is 0 Å². The zero-order valence-electron chi connectivity index (χ0n) is 11.8. The number of aromatic nitrogens is 1. The maximum absolute atomic E-state index is 12.3. The molecule has 0 fully saturated rings. The number of hydrogen-bond donors (Lipinski definition) is 3. The maximum Gasteiger partial charge on any atom is 0.256 e. The van der Waals surface area contributed by atoms with Crippen molar-refractivity contribution in [3.63, 3.8) is 0 Å². The van der Waals surface area contributed by atoms with E-state index in [1.807, 2.05) is 12.1 Å². The van der Waals surface area contributed by atoms with Crippen LogP contribution in [0.3, 0.4) is 0 Å². The summed E-state index contributed by atoms with van der Waals surface area (Å²) in [5.74, 6) is -0.110. The van der Waals surface area contributed by atoms with Crippen LogP contribution in [0.25, 0.3) is 0 Å². The zero-order valence-corrected chi connectivity index (χ0v) is 11.8. The first-order valence-electron chi connectivity index (χ1n) is 6.98. The van der Waals surface area contributed by atoms with Crippen LogP contribution >= 0.6 is 0 Å². The number of hydrogen-bond acceptors (Lipinski definition) is 4. The quantitative estimate of drug-likeness (QED) is 0.792. The molecule has 0 saturated heterocycles. The average Bonchev–Trinajstić information content (AvgIpc) is 2.50. The van der Waals surface area contributed by atoms with E-state index in [1.165, 1.54) is 6.07 Å². The standard InChI is InChI=1S/C16H17N3O2/c1-10-4-7-14(20)15(18-10)19-16(21)12-5-6-13-11(9-12)3-2-8-17-13/h4-7,9,17,20H,2-3,8H2,1H3,(H,18,19,21). The number of carbonyl (C=O) groups is 1. The van der Waals surface area contributed by atoms with Crippen molar-refractivity contribution in [3.05, 3.63) is 47.2 Å². The molecule has 0 radical (unpaired) electrons. The third-order valence-corrected chi connectivity index (χ3v) is 3.55. The molecule has 0 atom stereocenters. The first-order valence-corrected chi connectivity index (χ1v) is 6.98. The molecule has 0 saturated carbocycles. The van der Waals surface area contributed by atoms with E-state index in [1.54, 1.807) is 19.1 Å². The van der Waals surface area contributed by atoms with Gasteiger partial charge < -0.3 is 15.7 Å². The highest BCUT2D eigenvalue weighted by Crippen LogP contribution is 2.24. The lowest BCUT2D eigenvalue weighted by Gasteiger charge is -2.18. The summed E-state index contributed by atoms with van der Waals surface area (Å²) >= 11 is 0. The summed E-state index contributed by atoms with van der Waals surface area (Å²) in [5, 5.41) is 15.7. The fourth-order valence-corrected chi connectivity index (χ4v) is 2.44. The second-order valence-electron chi connectivity index (χ2n) is 5.18. The van der Waals surface area contributed by atoms with E-state index in [-0.39, 0.29) is 17.5 Å². The zero-order chi connectivity index (χ0) is 14.8. The second-order valence-corrected chi connectivity index (χ2v) is 5.18. The molecule has 5 heteroatoms. The molecule has 3 N–H and O–H groups in total. The number of anilines is 2. The number of rotatable bonds is 2. The number of nitrogens with zero attached hydrogens (tertiary/aromatic N) is 1. The van der Waals surface area contributed by atoms with Crippen LogP contribution in [0.15, 0.2) is 30.3 Å². The van der Waals surface area contributed by atoms with Gasteiger partial charge in [0.15, 0.2) is 11.6 Å². The van der Waals surface area contributed by atoms with E-state index in [4.69, 9.17) is 0 Å². The number of fused-ring (bicyclic) bond motifs is 1. The Hall–Kier alpha value is -2.56. The van der Waals surface area contributed by atoms with Crippen molar-refractivity contribution in [1.29, 1.82) is 0 Å². The highest BCUT2D eigenvalue weighted by Gasteiger charge is 2.14. The SMILES string of the molecule is Cc1ccc(O)c(NC(=O)c2ccc3c(c2)CCCN3)n1. The lowest BCUT2D eigenvalue weighted by molar-refractivity contribution is 0.102. The number of pyridine rings is 1. The van der Waals surface area contributed by atoms with Gasteiger partial charge in [-0.15, -0.1) is 0 Å². The Morgan fingerprint density at radius 1 is 1.33 bits per heavy atom. The molecular formula is C16H17N3O2. The van der Waals surface area contributed by atoms with Crippen molar-refractivity contribution < 1.29 is 9.90 Å². The first-order chi connectivity index (χ1) is 10.1. The number of carbonyl (C=O) groups excluding carboxylic acids is 1. The molecule has 0 aliphatic carbocycles. The van der Waals surface area contributed by atoms with Crippen molar-refractivity contribution in [2.24, 2.45) is 0 Å². The van der Waals surface area contributed by atoms with Gasteiger partial charge in [-0.05, 0) is 55.7 Å². The molecule has 1 aliphatic rings. The molecule has 1 aromatic heterocycles. The lowest BCUT2D eigenvalue weighted by Crippen LogP contribution is -2.16. The topological polar surface area (TPSA) is 74.2 Å². The lowest BCUT2D eigenvalue weighted by atomic mass is 10.0. The van der Waals surface area contributed by atoms with Crippen LogP contribution in [0.5, 0.6) is 5.75 Å². The van der Waals surface area contributed by atoms with E-state index >= 15 is 0 Å². The molecule has 0 bridgehead atoms. The number of amides is 1. The predicted molar refractivity (Wildman–Crippen MR) is 81.8 cm³/mol. The summed E-state index contributed by atoms with van der Waals surface area (Å²) in [6.45, 7) is 2.78. The monoisotopic (exact) mass is 283 g/mol. The van der Waals surface area contributed by atoms with Crippen LogP contribution in [0, 0.1) is 6.92 Å². The Kier molecular flexibility index (Phi) is 3.48. The van der Waals surface area contributed by atoms with Gasteiger partial charge in [0.05, 0.1) is 0 Å². The number of aryl methyl sites for hydroxylation is 2. The fraction of sp³-hybridized carbons (Fsp3) is 0.250. The summed E-state index contributed by atoms with van der Waals surface area (Å²) < 4.78 is 0. The minimum absolute atomic E-state index is 0.0337. The second kappa shape index (κ2) is 5.44. The van der Waals surface area contributed by atoms with Gasteiger partial charge in [0.1, 0.15) is 0 Å². The minimum Gasteiger partial charge on any atom is -0.504 e. The molecule has 1 aliphatic heterocycles. The maximum atomic E-state index is 12.3. The van der Waals surface area contributed by atoms with Crippen LogP contribution in [0.1, 0.15) is 28.0 Å². The van der Waals surface area contributed by atoms with Gasteiger partial charge in [0.2, 0.25) is 0 Å². The van der Waals surface area contributed by atoms with E-state index in [2.05, 4.69) is 15.6 Å². The van der Waals surface area contributed by atoms with E-state index in [0.29, 0.717) is 5.56 Å². The number of nitrogens with one attached hydrogen (secondary N) is 2. The minimum atomic E-state index is -0.267. The largest absolute Gasteiger partial charge is 0.504 e. The van der Waals surface area contributed by atoms with E-state index in [0.717, 1.165) is 36.3 Å². The van der Waals surface area contributed by atoms with Crippen molar-refractivity contribution in [1.82, 2.24) is 4.98 Å².